The Bertz CT molecular complexity index is 748. The molecule has 2 saturated heterocycles. The van der Waals surface area contributed by atoms with E-state index >= 15 is 0 Å². The van der Waals surface area contributed by atoms with Crippen LogP contribution in [0.15, 0.2) is 23.6 Å². The van der Waals surface area contributed by atoms with Gasteiger partial charge in [0.1, 0.15) is 12.1 Å². The number of hydrogen-bond donors (Lipinski definition) is 4. The molecule has 1 aromatic heterocycles. The maximum Gasteiger partial charge on any atom is 0.234 e. The zero-order valence-corrected chi connectivity index (χ0v) is 16.8. The number of nitroso groups, excluding NO2 is 1. The first-order valence-electron chi connectivity index (χ1n) is 10.5. The van der Waals surface area contributed by atoms with Crippen LogP contribution in [0, 0.1) is 10.8 Å². The monoisotopic (exact) mass is 420 g/mol. The zero-order chi connectivity index (χ0) is 21.1. The van der Waals surface area contributed by atoms with Crippen LogP contribution in [0.2, 0.25) is 0 Å². The summed E-state index contributed by atoms with van der Waals surface area (Å²) in [5.41, 5.74) is 7.27. The molecule has 4 rings (SSSR count). The maximum absolute atomic E-state index is 13.4. The molecule has 2 atom stereocenters. The number of hydrogen-bond acceptors (Lipinski definition) is 9. The van der Waals surface area contributed by atoms with Crippen molar-refractivity contribution in [1.29, 1.82) is 0 Å². The molecule has 3 heterocycles. The molecule has 1 amide bonds. The number of pyridine rings is 1. The van der Waals surface area contributed by atoms with E-state index in [1.54, 1.807) is 12.4 Å². The third kappa shape index (κ3) is 4.75. The Morgan fingerprint density at radius 3 is 2.60 bits per heavy atom. The second-order valence-corrected chi connectivity index (χ2v) is 8.15. The Labute approximate surface area is 174 Å². The summed E-state index contributed by atoms with van der Waals surface area (Å²) in [6.07, 6.45) is 2.88. The van der Waals surface area contributed by atoms with Gasteiger partial charge in [0.05, 0.1) is 23.7 Å². The minimum Gasteiger partial charge on any atom is -0.367 e. The van der Waals surface area contributed by atoms with Crippen LogP contribution in [-0.4, -0.2) is 79.6 Å². The van der Waals surface area contributed by atoms with E-state index in [0.717, 1.165) is 37.9 Å². The number of amides is 1. The highest BCUT2D eigenvalue weighted by atomic mass is 19.1. The van der Waals surface area contributed by atoms with Crippen molar-refractivity contribution in [2.75, 3.05) is 49.5 Å². The highest BCUT2D eigenvalue weighted by molar-refractivity contribution is 5.96. The van der Waals surface area contributed by atoms with E-state index in [1.165, 1.54) is 12.8 Å². The van der Waals surface area contributed by atoms with Crippen LogP contribution in [0.4, 0.5) is 15.8 Å². The number of carbonyl (C=O) groups is 1. The van der Waals surface area contributed by atoms with Crippen molar-refractivity contribution in [3.05, 3.63) is 23.4 Å². The summed E-state index contributed by atoms with van der Waals surface area (Å²) in [6, 6.07) is 2.61. The fourth-order valence-corrected chi connectivity index (χ4v) is 4.22. The minimum absolute atomic E-state index is 0.0798. The molecule has 164 valence electrons. The van der Waals surface area contributed by atoms with Gasteiger partial charge in [-0.05, 0) is 18.9 Å². The van der Waals surface area contributed by atoms with Gasteiger partial charge in [0, 0.05) is 51.5 Å². The van der Waals surface area contributed by atoms with Crippen molar-refractivity contribution >= 4 is 17.3 Å². The van der Waals surface area contributed by atoms with Crippen molar-refractivity contribution in [1.82, 2.24) is 20.5 Å². The van der Waals surface area contributed by atoms with Crippen LogP contribution in [0.1, 0.15) is 12.8 Å². The molecule has 1 saturated carbocycles. The molecule has 3 fully saturated rings. The summed E-state index contributed by atoms with van der Waals surface area (Å²) >= 11 is 0. The molecule has 2 aliphatic heterocycles. The molecular formula is C19H29FN8O2. The molecule has 5 N–H and O–H groups in total. The third-order valence-corrected chi connectivity index (χ3v) is 6.04. The van der Waals surface area contributed by atoms with Crippen LogP contribution >= 0.6 is 0 Å². The van der Waals surface area contributed by atoms with Gasteiger partial charge in [-0.15, -0.1) is 4.91 Å². The van der Waals surface area contributed by atoms with E-state index in [9.17, 15) is 14.1 Å². The van der Waals surface area contributed by atoms with Crippen molar-refractivity contribution < 1.29 is 9.18 Å². The topological polar surface area (TPSA) is 128 Å². The first-order chi connectivity index (χ1) is 14.6. The van der Waals surface area contributed by atoms with E-state index in [2.05, 4.69) is 35.9 Å². The number of piperazine rings is 1. The van der Waals surface area contributed by atoms with Gasteiger partial charge >= 0.3 is 0 Å². The average molecular weight is 420 g/mol. The summed E-state index contributed by atoms with van der Waals surface area (Å²) in [7, 11) is 0. The molecule has 30 heavy (non-hydrogen) atoms. The number of rotatable bonds is 7. The van der Waals surface area contributed by atoms with Gasteiger partial charge in [-0.3, -0.25) is 25.3 Å². The van der Waals surface area contributed by atoms with Crippen LogP contribution in [0.5, 0.6) is 0 Å². The van der Waals surface area contributed by atoms with E-state index in [4.69, 9.17) is 5.73 Å². The summed E-state index contributed by atoms with van der Waals surface area (Å²) in [4.78, 5) is 33.1. The Kier molecular flexibility index (Phi) is 6.52. The Balaban J connectivity index is 1.45. The van der Waals surface area contributed by atoms with E-state index in [-0.39, 0.29) is 13.1 Å². The second-order valence-electron chi connectivity index (χ2n) is 8.15. The normalized spacial score (nSPS) is 27.3. The summed E-state index contributed by atoms with van der Waals surface area (Å²) in [5.74, 6) is -1.45. The predicted octanol–water partition coefficient (Wildman–Crippen LogP) is -0.171. The van der Waals surface area contributed by atoms with Crippen molar-refractivity contribution in [3.8, 4) is 0 Å². The van der Waals surface area contributed by atoms with Crippen LogP contribution in [0.3, 0.4) is 0 Å². The van der Waals surface area contributed by atoms with Gasteiger partial charge in [-0.2, -0.15) is 0 Å². The fourth-order valence-electron chi connectivity index (χ4n) is 4.22. The first-order valence-corrected chi connectivity index (χ1v) is 10.5. The number of aromatic nitrogens is 1. The molecule has 0 bridgehead atoms. The minimum atomic E-state index is -1.27. The number of halogens is 1. The van der Waals surface area contributed by atoms with Gasteiger partial charge in [0.15, 0.2) is 6.17 Å². The number of carbonyl (C=O) groups excluding carboxylic acids is 1. The highest BCUT2D eigenvalue weighted by Gasteiger charge is 2.37. The smallest absolute Gasteiger partial charge is 0.234 e. The number of anilines is 2. The molecule has 0 aromatic carbocycles. The maximum atomic E-state index is 13.4. The highest BCUT2D eigenvalue weighted by Crippen LogP contribution is 2.31. The lowest BCUT2D eigenvalue weighted by molar-refractivity contribution is -0.122. The number of nitrogens with two attached hydrogens (primary N) is 1. The number of nitrogens with zero attached hydrogens (tertiary/aromatic N) is 4. The molecule has 1 aliphatic carbocycles. The van der Waals surface area contributed by atoms with Gasteiger partial charge < -0.3 is 16.0 Å². The quantitative estimate of drug-likeness (QED) is 0.448. The van der Waals surface area contributed by atoms with Crippen LogP contribution < -0.4 is 26.6 Å². The Hall–Kier alpha value is -2.21. The van der Waals surface area contributed by atoms with Gasteiger partial charge in [-0.25, -0.2) is 4.39 Å². The molecular weight excluding hydrogens is 391 g/mol. The lowest BCUT2D eigenvalue weighted by Gasteiger charge is -2.37. The SMILES string of the molecule is NC(N=O)C(C(=O)Nc1cnccc1N1CCN(C2CC2)CC1)C1NCC(F)CN1. The number of nitrogens with one attached hydrogen (secondary N) is 3. The predicted molar refractivity (Wildman–Crippen MR) is 112 cm³/mol. The van der Waals surface area contributed by atoms with Crippen molar-refractivity contribution in [3.63, 3.8) is 0 Å². The largest absolute Gasteiger partial charge is 0.367 e. The first kappa shape index (κ1) is 21.0. The van der Waals surface area contributed by atoms with Crippen LogP contribution in [-0.2, 0) is 4.79 Å². The lowest BCUT2D eigenvalue weighted by Crippen LogP contribution is -2.62. The Morgan fingerprint density at radius 1 is 1.27 bits per heavy atom. The lowest BCUT2D eigenvalue weighted by atomic mass is 9.99. The third-order valence-electron chi connectivity index (χ3n) is 6.04. The molecule has 0 radical (unpaired) electrons. The van der Waals surface area contributed by atoms with Crippen molar-refractivity contribution in [2.45, 2.75) is 37.4 Å². The molecule has 2 unspecified atom stereocenters. The zero-order valence-electron chi connectivity index (χ0n) is 16.8. The van der Waals surface area contributed by atoms with E-state index in [1.807, 2.05) is 6.07 Å². The Morgan fingerprint density at radius 2 is 1.97 bits per heavy atom. The molecule has 10 nitrogen and oxygen atoms in total. The summed E-state index contributed by atoms with van der Waals surface area (Å²) < 4.78 is 13.4. The standard InChI is InChI=1S/C19H29FN8O2/c20-12-9-23-18(24-10-12)16(17(21)26-30)19(29)25-14-11-22-4-3-15(14)28-7-5-27(6-8-28)13-1-2-13/h3-4,11-13,16-18,23-24H,1-2,5-10,21H2,(H,25,29). The molecule has 1 aromatic rings. The molecule has 11 heteroatoms. The molecule has 0 spiro atoms. The van der Waals surface area contributed by atoms with E-state index in [0.29, 0.717) is 5.69 Å². The second kappa shape index (κ2) is 9.29. The number of alkyl halides is 1. The summed E-state index contributed by atoms with van der Waals surface area (Å²) in [5, 5.41) is 11.5. The van der Waals surface area contributed by atoms with Gasteiger partial charge in [0.2, 0.25) is 5.91 Å². The molecule has 3 aliphatic rings. The fraction of sp³-hybridized carbons (Fsp3) is 0.684. The summed E-state index contributed by atoms with van der Waals surface area (Å²) in [6.45, 7) is 3.87. The van der Waals surface area contributed by atoms with E-state index < -0.39 is 30.3 Å². The van der Waals surface area contributed by atoms with Gasteiger partial charge in [0.25, 0.3) is 0 Å². The average Bonchev–Trinajstić information content (AvgIpc) is 3.61. The van der Waals surface area contributed by atoms with Gasteiger partial charge in [-0.1, -0.05) is 5.18 Å². The van der Waals surface area contributed by atoms with Crippen LogP contribution in [0.25, 0.3) is 0 Å². The van der Waals surface area contributed by atoms with Crippen molar-refractivity contribution in [2.24, 2.45) is 16.8 Å².